The van der Waals surface area contributed by atoms with Crippen molar-refractivity contribution in [2.45, 2.75) is 26.2 Å². The molecule has 0 spiro atoms. The normalized spacial score (nSPS) is 11.9. The maximum absolute atomic E-state index is 5.91. The van der Waals surface area contributed by atoms with Gasteiger partial charge in [0.2, 0.25) is 11.8 Å². The van der Waals surface area contributed by atoms with Crippen molar-refractivity contribution in [3.05, 3.63) is 42.0 Å². The Bertz CT molecular complexity index is 584. The molecule has 20 heavy (non-hydrogen) atoms. The molecule has 1 unspecified atom stereocenters. The molecule has 0 bridgehead atoms. The summed E-state index contributed by atoms with van der Waals surface area (Å²) in [5.74, 6) is 2.06. The van der Waals surface area contributed by atoms with E-state index in [0.717, 1.165) is 17.7 Å². The molecule has 0 saturated heterocycles. The van der Waals surface area contributed by atoms with Gasteiger partial charge in [0.1, 0.15) is 5.75 Å². The molecule has 0 radical (unpaired) electrons. The molecule has 106 valence electrons. The largest absolute Gasteiger partial charge is 0.481 e. The number of pyridine rings is 1. The molecular formula is C16H20N2O2. The minimum absolute atomic E-state index is 0.375. The number of hydrogen-bond acceptors (Lipinski definition) is 4. The van der Waals surface area contributed by atoms with Crippen molar-refractivity contribution < 1.29 is 9.47 Å². The molecule has 2 rings (SSSR count). The van der Waals surface area contributed by atoms with Crippen LogP contribution in [0.5, 0.6) is 17.5 Å². The Kier molecular flexibility index (Phi) is 4.45. The molecule has 0 aliphatic carbocycles. The van der Waals surface area contributed by atoms with Crippen molar-refractivity contribution >= 4 is 5.69 Å². The fraction of sp³-hybridized carbons (Fsp3) is 0.312. The SMILES string of the molecule is CCC(C)c1ccccc1Oc1nc(OC)ccc1N. The minimum atomic E-state index is 0.375. The van der Waals surface area contributed by atoms with Crippen LogP contribution in [-0.2, 0) is 0 Å². The van der Waals surface area contributed by atoms with Crippen LogP contribution in [0.3, 0.4) is 0 Å². The second kappa shape index (κ2) is 6.28. The lowest BCUT2D eigenvalue weighted by Crippen LogP contribution is -2.00. The molecule has 0 saturated carbocycles. The molecule has 4 heteroatoms. The van der Waals surface area contributed by atoms with Crippen molar-refractivity contribution in [1.29, 1.82) is 0 Å². The van der Waals surface area contributed by atoms with Crippen molar-refractivity contribution in [1.82, 2.24) is 4.98 Å². The molecule has 0 aliphatic rings. The lowest BCUT2D eigenvalue weighted by Gasteiger charge is -2.16. The van der Waals surface area contributed by atoms with Crippen molar-refractivity contribution in [2.24, 2.45) is 0 Å². The summed E-state index contributed by atoms with van der Waals surface area (Å²) in [4.78, 5) is 4.24. The van der Waals surface area contributed by atoms with Gasteiger partial charge >= 0.3 is 0 Å². The highest BCUT2D eigenvalue weighted by Gasteiger charge is 2.13. The van der Waals surface area contributed by atoms with Crippen LogP contribution in [0.15, 0.2) is 36.4 Å². The van der Waals surface area contributed by atoms with Crippen LogP contribution in [0, 0.1) is 0 Å². The average Bonchev–Trinajstić information content (AvgIpc) is 2.49. The predicted octanol–water partition coefficient (Wildman–Crippen LogP) is 3.98. The van der Waals surface area contributed by atoms with Gasteiger partial charge in [-0.2, -0.15) is 4.98 Å². The van der Waals surface area contributed by atoms with E-state index in [1.165, 1.54) is 0 Å². The van der Waals surface area contributed by atoms with E-state index in [1.807, 2.05) is 18.2 Å². The van der Waals surface area contributed by atoms with Crippen molar-refractivity contribution in [3.8, 4) is 17.5 Å². The fourth-order valence-electron chi connectivity index (χ4n) is 1.93. The van der Waals surface area contributed by atoms with E-state index in [9.17, 15) is 0 Å². The number of ether oxygens (including phenoxy) is 2. The number of methoxy groups -OCH3 is 1. The van der Waals surface area contributed by atoms with Crippen LogP contribution in [0.25, 0.3) is 0 Å². The third kappa shape index (κ3) is 3.02. The summed E-state index contributed by atoms with van der Waals surface area (Å²) in [5.41, 5.74) is 7.55. The summed E-state index contributed by atoms with van der Waals surface area (Å²) >= 11 is 0. The highest BCUT2D eigenvalue weighted by molar-refractivity contribution is 5.52. The van der Waals surface area contributed by atoms with Gasteiger partial charge in [-0.25, -0.2) is 0 Å². The molecule has 1 heterocycles. The van der Waals surface area contributed by atoms with Gasteiger partial charge in [0.05, 0.1) is 12.8 Å². The Morgan fingerprint density at radius 1 is 1.20 bits per heavy atom. The number of para-hydroxylation sites is 1. The Labute approximate surface area is 119 Å². The Morgan fingerprint density at radius 3 is 2.65 bits per heavy atom. The van der Waals surface area contributed by atoms with E-state index in [-0.39, 0.29) is 0 Å². The number of aromatic nitrogens is 1. The van der Waals surface area contributed by atoms with Gasteiger partial charge in [-0.15, -0.1) is 0 Å². The lowest BCUT2D eigenvalue weighted by molar-refractivity contribution is 0.383. The first-order valence-corrected chi connectivity index (χ1v) is 6.73. The Hall–Kier alpha value is -2.23. The summed E-state index contributed by atoms with van der Waals surface area (Å²) in [6, 6.07) is 11.4. The average molecular weight is 272 g/mol. The number of hydrogen-bond donors (Lipinski definition) is 1. The maximum atomic E-state index is 5.91. The molecule has 1 atom stereocenters. The Balaban J connectivity index is 2.35. The Morgan fingerprint density at radius 2 is 1.95 bits per heavy atom. The van der Waals surface area contributed by atoms with E-state index in [0.29, 0.717) is 23.4 Å². The monoisotopic (exact) mass is 272 g/mol. The first kappa shape index (κ1) is 14.2. The minimum Gasteiger partial charge on any atom is -0.481 e. The summed E-state index contributed by atoms with van der Waals surface area (Å²) in [6.07, 6.45) is 1.04. The molecule has 2 N–H and O–H groups in total. The van der Waals surface area contributed by atoms with E-state index >= 15 is 0 Å². The second-order valence-corrected chi connectivity index (χ2v) is 4.70. The van der Waals surface area contributed by atoms with Crippen LogP contribution in [0.4, 0.5) is 5.69 Å². The molecule has 2 aromatic rings. The zero-order valence-corrected chi connectivity index (χ0v) is 12.1. The molecule has 1 aromatic heterocycles. The molecule has 1 aromatic carbocycles. The van der Waals surface area contributed by atoms with Gasteiger partial charge in [0.25, 0.3) is 0 Å². The van der Waals surface area contributed by atoms with Gasteiger partial charge < -0.3 is 15.2 Å². The smallest absolute Gasteiger partial charge is 0.246 e. The number of anilines is 1. The van der Waals surface area contributed by atoms with Crippen LogP contribution < -0.4 is 15.2 Å². The number of nitrogens with zero attached hydrogens (tertiary/aromatic N) is 1. The number of rotatable bonds is 5. The zero-order chi connectivity index (χ0) is 14.5. The lowest BCUT2D eigenvalue weighted by atomic mass is 9.98. The van der Waals surface area contributed by atoms with Gasteiger partial charge in [0.15, 0.2) is 0 Å². The van der Waals surface area contributed by atoms with Gasteiger partial charge in [-0.1, -0.05) is 32.0 Å². The van der Waals surface area contributed by atoms with Gasteiger partial charge in [-0.05, 0) is 30.0 Å². The quantitative estimate of drug-likeness (QED) is 0.894. The first-order valence-electron chi connectivity index (χ1n) is 6.73. The standard InChI is InChI=1S/C16H20N2O2/c1-4-11(2)12-7-5-6-8-14(12)20-16-13(17)9-10-15(18-16)19-3/h5-11H,4,17H2,1-3H3. The van der Waals surface area contributed by atoms with Crippen LogP contribution in [0.2, 0.25) is 0 Å². The zero-order valence-electron chi connectivity index (χ0n) is 12.1. The van der Waals surface area contributed by atoms with Crippen molar-refractivity contribution in [2.75, 3.05) is 12.8 Å². The van der Waals surface area contributed by atoms with Crippen LogP contribution in [-0.4, -0.2) is 12.1 Å². The van der Waals surface area contributed by atoms with E-state index in [2.05, 4.69) is 24.9 Å². The third-order valence-corrected chi connectivity index (χ3v) is 3.34. The predicted molar refractivity (Wildman–Crippen MR) is 80.4 cm³/mol. The molecular weight excluding hydrogens is 252 g/mol. The van der Waals surface area contributed by atoms with E-state index in [1.54, 1.807) is 19.2 Å². The van der Waals surface area contributed by atoms with E-state index in [4.69, 9.17) is 15.2 Å². The molecule has 4 nitrogen and oxygen atoms in total. The first-order chi connectivity index (χ1) is 9.65. The second-order valence-electron chi connectivity index (χ2n) is 4.70. The topological polar surface area (TPSA) is 57.4 Å². The summed E-state index contributed by atoms with van der Waals surface area (Å²) in [5, 5.41) is 0. The summed E-state index contributed by atoms with van der Waals surface area (Å²) < 4.78 is 11.0. The van der Waals surface area contributed by atoms with Gasteiger partial charge in [-0.3, -0.25) is 0 Å². The number of nitrogens with two attached hydrogens (primary N) is 1. The van der Waals surface area contributed by atoms with E-state index < -0.39 is 0 Å². The molecule has 0 amide bonds. The maximum Gasteiger partial charge on any atom is 0.246 e. The highest BCUT2D eigenvalue weighted by atomic mass is 16.5. The third-order valence-electron chi connectivity index (χ3n) is 3.34. The van der Waals surface area contributed by atoms with Gasteiger partial charge in [0, 0.05) is 6.07 Å². The summed E-state index contributed by atoms with van der Waals surface area (Å²) in [6.45, 7) is 4.32. The van der Waals surface area contributed by atoms with Crippen LogP contribution in [0.1, 0.15) is 31.7 Å². The number of benzene rings is 1. The number of nitrogen functional groups attached to an aromatic ring is 1. The fourth-order valence-corrected chi connectivity index (χ4v) is 1.93. The molecule has 0 aliphatic heterocycles. The van der Waals surface area contributed by atoms with Crippen LogP contribution >= 0.6 is 0 Å². The summed E-state index contributed by atoms with van der Waals surface area (Å²) in [7, 11) is 1.56. The molecule has 0 fully saturated rings. The van der Waals surface area contributed by atoms with Crippen molar-refractivity contribution in [3.63, 3.8) is 0 Å². The highest BCUT2D eigenvalue weighted by Crippen LogP contribution is 2.33.